The maximum atomic E-state index is 11.5. The molecule has 1 aliphatic rings. The number of nitro benzene ring substituents is 1. The Labute approximate surface area is 135 Å². The number of carboxylic acid groups (broad SMARTS) is 1. The van der Waals surface area contributed by atoms with Crippen molar-refractivity contribution in [2.45, 2.75) is 12.8 Å². The monoisotopic (exact) mass is 335 g/mol. The predicted molar refractivity (Wildman–Crippen MR) is 80.1 cm³/mol. The van der Waals surface area contributed by atoms with Crippen molar-refractivity contribution in [1.82, 2.24) is 10.6 Å². The molecule has 0 radical (unpaired) electrons. The van der Waals surface area contributed by atoms with Gasteiger partial charge in [-0.3, -0.25) is 25.0 Å². The first-order valence-electron chi connectivity index (χ1n) is 6.84. The van der Waals surface area contributed by atoms with E-state index in [0.29, 0.717) is 0 Å². The van der Waals surface area contributed by atoms with Gasteiger partial charge in [0.25, 0.3) is 11.6 Å². The smallest absolute Gasteiger partial charge is 0.326 e. The Morgan fingerprint density at radius 1 is 1.33 bits per heavy atom. The van der Waals surface area contributed by atoms with Gasteiger partial charge in [0.15, 0.2) is 0 Å². The van der Waals surface area contributed by atoms with Crippen LogP contribution in [0.2, 0.25) is 0 Å². The highest BCUT2D eigenvalue weighted by Crippen LogP contribution is 2.26. The van der Waals surface area contributed by atoms with E-state index in [0.717, 1.165) is 0 Å². The normalized spacial score (nSPS) is 15.1. The maximum absolute atomic E-state index is 11.5. The minimum Gasteiger partial charge on any atom is -0.494 e. The molecule has 10 heteroatoms. The molecule has 1 aromatic rings. The molecular weight excluding hydrogens is 322 g/mol. The van der Waals surface area contributed by atoms with E-state index in [2.05, 4.69) is 5.32 Å². The number of carboxylic acids is 1. The molecule has 2 rings (SSSR count). The topological polar surface area (TPSA) is 148 Å². The van der Waals surface area contributed by atoms with Gasteiger partial charge in [-0.15, -0.1) is 0 Å². The van der Waals surface area contributed by atoms with Gasteiger partial charge in [-0.05, 0) is 24.6 Å². The summed E-state index contributed by atoms with van der Waals surface area (Å²) in [6.45, 7) is 0.122. The van der Waals surface area contributed by atoms with Crippen molar-refractivity contribution in [2.24, 2.45) is 0 Å². The highest BCUT2D eigenvalue weighted by atomic mass is 16.6. The van der Waals surface area contributed by atoms with Crippen molar-refractivity contribution in [3.63, 3.8) is 0 Å². The number of nitrogens with one attached hydrogen (secondary N) is 2. The SMILES string of the molecule is O=C(O)CCCOc1ccc([N+](=O)[O-])c(/C=C2/NC(=O)NC2=O)c1. The summed E-state index contributed by atoms with van der Waals surface area (Å²) in [6, 6.07) is 3.20. The lowest BCUT2D eigenvalue weighted by Gasteiger charge is -2.07. The van der Waals surface area contributed by atoms with Crippen molar-refractivity contribution in [1.29, 1.82) is 0 Å². The minimum absolute atomic E-state index is 0.0594. The molecule has 0 atom stereocenters. The molecule has 1 heterocycles. The zero-order valence-electron chi connectivity index (χ0n) is 12.3. The van der Waals surface area contributed by atoms with Crippen LogP contribution < -0.4 is 15.4 Å². The van der Waals surface area contributed by atoms with Gasteiger partial charge in [-0.1, -0.05) is 0 Å². The number of carbonyl (C=O) groups is 3. The van der Waals surface area contributed by atoms with E-state index >= 15 is 0 Å². The summed E-state index contributed by atoms with van der Waals surface area (Å²) in [5.41, 5.74) is -0.316. The van der Waals surface area contributed by atoms with Gasteiger partial charge < -0.3 is 15.2 Å². The highest BCUT2D eigenvalue weighted by Gasteiger charge is 2.24. The van der Waals surface area contributed by atoms with E-state index in [4.69, 9.17) is 9.84 Å². The third kappa shape index (κ3) is 4.29. The van der Waals surface area contributed by atoms with Crippen molar-refractivity contribution < 1.29 is 29.2 Å². The van der Waals surface area contributed by atoms with Gasteiger partial charge in [0.2, 0.25) is 0 Å². The van der Waals surface area contributed by atoms with Crippen LogP contribution in [0.1, 0.15) is 18.4 Å². The second-order valence-electron chi connectivity index (χ2n) is 4.79. The van der Waals surface area contributed by atoms with Crippen LogP contribution in [0.15, 0.2) is 23.9 Å². The maximum Gasteiger partial charge on any atom is 0.326 e. The molecule has 3 N–H and O–H groups in total. The number of hydrogen-bond acceptors (Lipinski definition) is 6. The number of imide groups is 1. The molecule has 0 aromatic heterocycles. The molecule has 1 fully saturated rings. The molecule has 1 saturated heterocycles. The largest absolute Gasteiger partial charge is 0.494 e. The number of hydrogen-bond donors (Lipinski definition) is 3. The summed E-state index contributed by atoms with van der Waals surface area (Å²) in [6.07, 6.45) is 1.39. The first kappa shape index (κ1) is 16.9. The van der Waals surface area contributed by atoms with Gasteiger partial charge in [0, 0.05) is 12.5 Å². The quantitative estimate of drug-likeness (QED) is 0.221. The molecule has 10 nitrogen and oxygen atoms in total. The molecule has 1 aliphatic heterocycles. The van der Waals surface area contributed by atoms with E-state index in [9.17, 15) is 24.5 Å². The highest BCUT2D eigenvalue weighted by molar-refractivity contribution is 6.14. The third-order valence-electron chi connectivity index (χ3n) is 3.02. The Bertz CT molecular complexity index is 742. The van der Waals surface area contributed by atoms with Crippen molar-refractivity contribution in [2.75, 3.05) is 6.61 Å². The van der Waals surface area contributed by atoms with Gasteiger partial charge in [-0.25, -0.2) is 4.79 Å². The third-order valence-corrected chi connectivity index (χ3v) is 3.02. The fraction of sp³-hybridized carbons (Fsp3) is 0.214. The first-order valence-corrected chi connectivity index (χ1v) is 6.84. The minimum atomic E-state index is -0.948. The lowest BCUT2D eigenvalue weighted by Crippen LogP contribution is -2.22. The van der Waals surface area contributed by atoms with Crippen LogP contribution in [0.5, 0.6) is 5.75 Å². The van der Waals surface area contributed by atoms with Crippen LogP contribution in [0.3, 0.4) is 0 Å². The van der Waals surface area contributed by atoms with Crippen molar-refractivity contribution >= 4 is 29.7 Å². The standard InChI is InChI=1S/C14H13N3O7/c18-12(19)2-1-5-24-9-3-4-11(17(22)23)8(6-9)7-10-13(20)16-14(21)15-10/h3-4,6-7H,1-2,5H2,(H,18,19)(H2,15,16,20,21)/b10-7+. The van der Waals surface area contributed by atoms with Crippen LogP contribution >= 0.6 is 0 Å². The van der Waals surface area contributed by atoms with E-state index in [1.165, 1.54) is 24.3 Å². The number of carbonyl (C=O) groups excluding carboxylic acids is 2. The number of rotatable bonds is 7. The summed E-state index contributed by atoms with van der Waals surface area (Å²) < 4.78 is 5.34. The van der Waals surface area contributed by atoms with Crippen LogP contribution in [0.25, 0.3) is 6.08 Å². The van der Waals surface area contributed by atoms with Crippen LogP contribution in [-0.4, -0.2) is 34.5 Å². The van der Waals surface area contributed by atoms with E-state index in [1.54, 1.807) is 0 Å². The van der Waals surface area contributed by atoms with Gasteiger partial charge in [0.05, 0.1) is 17.1 Å². The van der Waals surface area contributed by atoms with Gasteiger partial charge >= 0.3 is 12.0 Å². The molecule has 0 saturated carbocycles. The Kier molecular flexibility index (Phi) is 5.09. The van der Waals surface area contributed by atoms with Crippen LogP contribution in [-0.2, 0) is 9.59 Å². The second kappa shape index (κ2) is 7.22. The number of amides is 3. The van der Waals surface area contributed by atoms with E-state index < -0.39 is 22.8 Å². The van der Waals surface area contributed by atoms with E-state index in [-0.39, 0.29) is 42.1 Å². The Balaban J connectivity index is 2.21. The van der Waals surface area contributed by atoms with Gasteiger partial charge in [0.1, 0.15) is 11.4 Å². The molecule has 24 heavy (non-hydrogen) atoms. The molecule has 0 bridgehead atoms. The summed E-state index contributed by atoms with van der Waals surface area (Å²) in [5, 5.41) is 23.8. The number of benzene rings is 1. The van der Waals surface area contributed by atoms with Crippen molar-refractivity contribution in [3.05, 3.63) is 39.6 Å². The summed E-state index contributed by atoms with van der Waals surface area (Å²) in [4.78, 5) is 43.5. The number of nitro groups is 1. The van der Waals surface area contributed by atoms with Crippen LogP contribution in [0, 0.1) is 10.1 Å². The van der Waals surface area contributed by atoms with E-state index in [1.807, 2.05) is 5.32 Å². The van der Waals surface area contributed by atoms with Crippen molar-refractivity contribution in [3.8, 4) is 5.75 Å². The second-order valence-corrected chi connectivity index (χ2v) is 4.79. The molecule has 1 aromatic carbocycles. The Hall–Kier alpha value is -3.43. The summed E-state index contributed by atoms with van der Waals surface area (Å²) in [5.74, 6) is -1.36. The zero-order valence-corrected chi connectivity index (χ0v) is 12.3. The van der Waals surface area contributed by atoms with Crippen LogP contribution in [0.4, 0.5) is 10.5 Å². The number of nitrogens with zero attached hydrogens (tertiary/aromatic N) is 1. The average Bonchev–Trinajstić information content (AvgIpc) is 2.81. The molecular formula is C14H13N3O7. The lowest BCUT2D eigenvalue weighted by atomic mass is 10.1. The molecule has 0 spiro atoms. The lowest BCUT2D eigenvalue weighted by molar-refractivity contribution is -0.385. The number of ether oxygens (including phenoxy) is 1. The number of urea groups is 1. The van der Waals surface area contributed by atoms with Gasteiger partial charge in [-0.2, -0.15) is 0 Å². The Morgan fingerprint density at radius 3 is 2.67 bits per heavy atom. The molecule has 0 aliphatic carbocycles. The number of aliphatic carboxylic acids is 1. The predicted octanol–water partition coefficient (Wildman–Crippen LogP) is 1.02. The summed E-state index contributed by atoms with van der Waals surface area (Å²) in [7, 11) is 0. The molecule has 126 valence electrons. The fourth-order valence-electron chi connectivity index (χ4n) is 1.96. The molecule has 3 amide bonds. The average molecular weight is 335 g/mol. The first-order chi connectivity index (χ1) is 11.4. The molecule has 0 unspecified atom stereocenters. The zero-order chi connectivity index (χ0) is 17.7. The summed E-state index contributed by atoms with van der Waals surface area (Å²) >= 11 is 0. The fourth-order valence-corrected chi connectivity index (χ4v) is 1.96. The Morgan fingerprint density at radius 2 is 2.08 bits per heavy atom.